The number of benzene rings is 1. The van der Waals surface area contributed by atoms with Crippen molar-refractivity contribution < 1.29 is 17.9 Å². The second kappa shape index (κ2) is 6.37. The largest absolute Gasteiger partial charge is 0.483 e. The first kappa shape index (κ1) is 16.3. The highest BCUT2D eigenvalue weighted by Gasteiger charge is 2.35. The fourth-order valence-electron chi connectivity index (χ4n) is 1.84. The Kier molecular flexibility index (Phi) is 4.95. The molecule has 0 saturated carbocycles. The van der Waals surface area contributed by atoms with E-state index in [1.165, 1.54) is 29.5 Å². The third kappa shape index (κ3) is 3.99. The summed E-state index contributed by atoms with van der Waals surface area (Å²) in [6.45, 7) is 1.70. The molecule has 0 aliphatic heterocycles. The molecule has 7 heteroatoms. The lowest BCUT2D eigenvalue weighted by molar-refractivity contribution is -0.139. The molecule has 2 N–H and O–H groups in total. The van der Waals surface area contributed by atoms with E-state index in [2.05, 4.69) is 15.9 Å². The minimum Gasteiger partial charge on any atom is -0.483 e. The third-order valence-corrected chi connectivity index (χ3v) is 4.55. The zero-order valence-electron chi connectivity index (χ0n) is 11.0. The van der Waals surface area contributed by atoms with Crippen molar-refractivity contribution >= 4 is 27.3 Å². The molecule has 0 saturated heterocycles. The van der Waals surface area contributed by atoms with E-state index in [-0.39, 0.29) is 5.75 Å². The van der Waals surface area contributed by atoms with E-state index in [0.717, 1.165) is 15.4 Å². The first-order valence-corrected chi connectivity index (χ1v) is 7.78. The van der Waals surface area contributed by atoms with Crippen molar-refractivity contribution in [1.82, 2.24) is 0 Å². The second-order valence-corrected chi connectivity index (χ2v) is 6.42. The molecule has 1 aromatic heterocycles. The maximum atomic E-state index is 13.0. The normalized spacial score (nSPS) is 14.8. The number of alkyl halides is 3. The smallest absolute Gasteiger partial charge is 0.419 e. The van der Waals surface area contributed by atoms with Gasteiger partial charge < -0.3 is 10.5 Å². The van der Waals surface area contributed by atoms with Gasteiger partial charge in [0, 0.05) is 20.8 Å². The van der Waals surface area contributed by atoms with Crippen LogP contribution < -0.4 is 10.5 Å². The molecular weight excluding hydrogens is 367 g/mol. The van der Waals surface area contributed by atoms with E-state index >= 15 is 0 Å². The summed E-state index contributed by atoms with van der Waals surface area (Å²) in [5.74, 6) is -0.211. The predicted molar refractivity (Wildman–Crippen MR) is 80.5 cm³/mol. The van der Waals surface area contributed by atoms with E-state index in [0.29, 0.717) is 0 Å². The van der Waals surface area contributed by atoms with Crippen LogP contribution in [0, 0.1) is 0 Å². The summed E-state index contributed by atoms with van der Waals surface area (Å²) in [6.07, 6.45) is -5.10. The van der Waals surface area contributed by atoms with Gasteiger partial charge in [-0.2, -0.15) is 13.2 Å². The summed E-state index contributed by atoms with van der Waals surface area (Å²) in [6, 6.07) is 6.50. The SMILES string of the molecule is CC(N)C(Oc1ccccc1C(F)(F)F)c1cc(Br)cs1. The molecule has 0 amide bonds. The van der Waals surface area contributed by atoms with Crippen molar-refractivity contribution in [3.8, 4) is 5.75 Å². The van der Waals surface area contributed by atoms with Gasteiger partial charge in [0.15, 0.2) is 0 Å². The van der Waals surface area contributed by atoms with Crippen LogP contribution in [0.1, 0.15) is 23.5 Å². The van der Waals surface area contributed by atoms with Crippen LogP contribution in [0.5, 0.6) is 5.75 Å². The number of thiophene rings is 1. The molecule has 0 fully saturated rings. The Balaban J connectivity index is 2.34. The molecular formula is C14H13BrF3NOS. The molecule has 0 aliphatic rings. The van der Waals surface area contributed by atoms with E-state index in [1.807, 2.05) is 5.38 Å². The number of halogens is 4. The van der Waals surface area contributed by atoms with E-state index in [9.17, 15) is 13.2 Å². The summed E-state index contributed by atoms with van der Waals surface area (Å²) in [5, 5.41) is 1.84. The van der Waals surface area contributed by atoms with Crippen molar-refractivity contribution in [1.29, 1.82) is 0 Å². The van der Waals surface area contributed by atoms with Gasteiger partial charge in [-0.1, -0.05) is 12.1 Å². The van der Waals surface area contributed by atoms with Crippen LogP contribution in [-0.2, 0) is 6.18 Å². The lowest BCUT2D eigenvalue weighted by Gasteiger charge is -2.23. The van der Waals surface area contributed by atoms with Gasteiger partial charge in [0.1, 0.15) is 11.9 Å². The minimum absolute atomic E-state index is 0.211. The second-order valence-electron chi connectivity index (χ2n) is 4.56. The lowest BCUT2D eigenvalue weighted by Crippen LogP contribution is -2.29. The number of rotatable bonds is 4. The van der Waals surface area contributed by atoms with Crippen molar-refractivity contribution in [3.05, 3.63) is 50.6 Å². The van der Waals surface area contributed by atoms with Crippen molar-refractivity contribution in [2.45, 2.75) is 25.2 Å². The Morgan fingerprint density at radius 3 is 2.48 bits per heavy atom. The fourth-order valence-corrected chi connectivity index (χ4v) is 3.43. The Morgan fingerprint density at radius 2 is 1.95 bits per heavy atom. The molecule has 21 heavy (non-hydrogen) atoms. The van der Waals surface area contributed by atoms with Crippen LogP contribution >= 0.6 is 27.3 Å². The van der Waals surface area contributed by atoms with Crippen LogP contribution in [0.15, 0.2) is 40.2 Å². The Morgan fingerprint density at radius 1 is 1.29 bits per heavy atom. The molecule has 2 unspecified atom stereocenters. The van der Waals surface area contributed by atoms with Crippen molar-refractivity contribution in [3.63, 3.8) is 0 Å². The number of hydrogen-bond acceptors (Lipinski definition) is 3. The van der Waals surface area contributed by atoms with Gasteiger partial charge in [-0.3, -0.25) is 0 Å². The highest BCUT2D eigenvalue weighted by molar-refractivity contribution is 9.10. The molecule has 1 aromatic carbocycles. The van der Waals surface area contributed by atoms with Crippen LogP contribution in [-0.4, -0.2) is 6.04 Å². The van der Waals surface area contributed by atoms with Gasteiger partial charge in [0.05, 0.1) is 5.56 Å². The maximum Gasteiger partial charge on any atom is 0.419 e. The summed E-state index contributed by atoms with van der Waals surface area (Å²) in [5.41, 5.74) is 5.07. The molecule has 0 bridgehead atoms. The van der Waals surface area contributed by atoms with E-state index < -0.39 is 23.9 Å². The molecule has 2 atom stereocenters. The number of ether oxygens (including phenoxy) is 1. The highest BCUT2D eigenvalue weighted by atomic mass is 79.9. The summed E-state index contributed by atoms with van der Waals surface area (Å²) >= 11 is 4.70. The Bertz CT molecular complexity index is 612. The van der Waals surface area contributed by atoms with Crippen molar-refractivity contribution in [2.24, 2.45) is 5.73 Å². The van der Waals surface area contributed by atoms with Crippen molar-refractivity contribution in [2.75, 3.05) is 0 Å². The van der Waals surface area contributed by atoms with Gasteiger partial charge in [-0.05, 0) is 41.1 Å². The van der Waals surface area contributed by atoms with Gasteiger partial charge in [0.2, 0.25) is 0 Å². The van der Waals surface area contributed by atoms with Gasteiger partial charge >= 0.3 is 6.18 Å². The molecule has 0 aliphatic carbocycles. The zero-order chi connectivity index (χ0) is 15.6. The molecule has 114 valence electrons. The zero-order valence-corrected chi connectivity index (χ0v) is 13.4. The molecule has 0 radical (unpaired) electrons. The lowest BCUT2D eigenvalue weighted by atomic mass is 10.1. The standard InChI is InChI=1S/C14H13BrF3NOS/c1-8(19)13(12-6-9(15)7-21-12)20-11-5-3-2-4-10(11)14(16,17)18/h2-8,13H,19H2,1H3. The molecule has 2 nitrogen and oxygen atoms in total. The maximum absolute atomic E-state index is 13.0. The number of para-hydroxylation sites is 1. The van der Waals surface area contributed by atoms with Crippen LogP contribution in [0.25, 0.3) is 0 Å². The van der Waals surface area contributed by atoms with E-state index in [4.69, 9.17) is 10.5 Å². The topological polar surface area (TPSA) is 35.2 Å². The fraction of sp³-hybridized carbons (Fsp3) is 0.286. The molecule has 0 spiro atoms. The average Bonchev–Trinajstić information content (AvgIpc) is 2.81. The number of nitrogens with two attached hydrogens (primary N) is 1. The average molecular weight is 380 g/mol. The molecule has 2 rings (SSSR count). The van der Waals surface area contributed by atoms with Crippen LogP contribution in [0.2, 0.25) is 0 Å². The quantitative estimate of drug-likeness (QED) is 0.811. The third-order valence-electron chi connectivity index (χ3n) is 2.79. The van der Waals surface area contributed by atoms with Crippen LogP contribution in [0.4, 0.5) is 13.2 Å². The van der Waals surface area contributed by atoms with Gasteiger partial charge in [-0.15, -0.1) is 11.3 Å². The first-order valence-electron chi connectivity index (χ1n) is 6.11. The Hall–Kier alpha value is -1.05. The van der Waals surface area contributed by atoms with Crippen LogP contribution in [0.3, 0.4) is 0 Å². The monoisotopic (exact) mass is 379 g/mol. The van der Waals surface area contributed by atoms with E-state index in [1.54, 1.807) is 13.0 Å². The highest BCUT2D eigenvalue weighted by Crippen LogP contribution is 2.39. The molecule has 1 heterocycles. The summed E-state index contributed by atoms with van der Waals surface area (Å²) < 4.78 is 45.4. The summed E-state index contributed by atoms with van der Waals surface area (Å²) in [4.78, 5) is 0.772. The van der Waals surface area contributed by atoms with Gasteiger partial charge in [0.25, 0.3) is 0 Å². The first-order chi connectivity index (χ1) is 9.79. The predicted octanol–water partition coefficient (Wildman–Crippen LogP) is 5.00. The number of hydrogen-bond donors (Lipinski definition) is 1. The van der Waals surface area contributed by atoms with Gasteiger partial charge in [-0.25, -0.2) is 0 Å². The summed E-state index contributed by atoms with van der Waals surface area (Å²) in [7, 11) is 0. The minimum atomic E-state index is -4.46. The Labute approximate surface area is 132 Å². The molecule has 2 aromatic rings.